The van der Waals surface area contributed by atoms with Gasteiger partial charge in [-0.15, -0.1) is 13.2 Å². The smallest absolute Gasteiger partial charge is 0.426 e. The Bertz CT molecular complexity index is 1240. The summed E-state index contributed by atoms with van der Waals surface area (Å²) < 4.78 is 45.5. The predicted octanol–water partition coefficient (Wildman–Crippen LogP) is 5.46. The minimum atomic E-state index is -4.77. The zero-order chi connectivity index (χ0) is 25.3. The first kappa shape index (κ1) is 24.8. The average molecular weight is 481 g/mol. The lowest BCUT2D eigenvalue weighted by molar-refractivity contribution is -0.274. The van der Waals surface area contributed by atoms with Gasteiger partial charge < -0.3 is 15.2 Å². The molecule has 0 radical (unpaired) electrons. The fourth-order valence-corrected chi connectivity index (χ4v) is 2.74. The van der Waals surface area contributed by atoms with E-state index in [0.717, 1.165) is 18.5 Å². The summed E-state index contributed by atoms with van der Waals surface area (Å²) in [5, 5.41) is 11.8. The number of hydrogen-bond acceptors (Lipinski definition) is 5. The molecule has 0 saturated heterocycles. The molecule has 178 valence electrons. The first-order valence-electron chi connectivity index (χ1n) is 9.98. The number of alkyl halides is 3. The number of aliphatic imine (C=N–C) groups is 2. The standard InChI is InChI=1S/C24H18F3N5O3/c25-24(26,27)35-20-12-10-18(11-13-20)30-15-31-22(29)17-6-8-19(9-7-17)32-23(33)34-21(14-28)16-4-2-1-3-5-16/h1-13,15,21H,(H,32,33)(H2,29,30,31). The molecular weight excluding hydrogens is 463 g/mol. The lowest BCUT2D eigenvalue weighted by atomic mass is 10.1. The number of carbonyl (C=O) groups excluding carboxylic acids is 1. The van der Waals surface area contributed by atoms with Crippen LogP contribution in [0.5, 0.6) is 5.75 Å². The summed E-state index contributed by atoms with van der Waals surface area (Å²) in [6.45, 7) is 0. The molecule has 3 rings (SSSR count). The molecule has 3 aromatic rings. The number of benzene rings is 3. The quantitative estimate of drug-likeness (QED) is 0.343. The summed E-state index contributed by atoms with van der Waals surface area (Å²) >= 11 is 0. The van der Waals surface area contributed by atoms with Crippen molar-refractivity contribution in [1.29, 1.82) is 5.26 Å². The molecule has 0 aliphatic heterocycles. The van der Waals surface area contributed by atoms with Gasteiger partial charge in [0.15, 0.2) is 0 Å². The van der Waals surface area contributed by atoms with Crippen LogP contribution in [-0.2, 0) is 4.74 Å². The van der Waals surface area contributed by atoms with E-state index in [0.29, 0.717) is 22.5 Å². The molecule has 1 atom stereocenters. The summed E-state index contributed by atoms with van der Waals surface area (Å²) in [6, 6.07) is 21.8. The molecule has 3 aromatic carbocycles. The molecular formula is C24H18F3N5O3. The van der Waals surface area contributed by atoms with Crippen LogP contribution in [0.1, 0.15) is 17.2 Å². The van der Waals surface area contributed by atoms with Gasteiger partial charge in [0.1, 0.15) is 24.0 Å². The van der Waals surface area contributed by atoms with Gasteiger partial charge in [0.25, 0.3) is 0 Å². The van der Waals surface area contributed by atoms with Crippen LogP contribution < -0.4 is 15.8 Å². The van der Waals surface area contributed by atoms with E-state index in [1.165, 1.54) is 12.1 Å². The first-order valence-corrected chi connectivity index (χ1v) is 9.98. The van der Waals surface area contributed by atoms with Gasteiger partial charge in [-0.25, -0.2) is 14.8 Å². The van der Waals surface area contributed by atoms with Crippen molar-refractivity contribution in [2.24, 2.45) is 15.7 Å². The highest BCUT2D eigenvalue weighted by Gasteiger charge is 2.30. The maximum atomic E-state index is 12.2. The Morgan fingerprint density at radius 2 is 1.69 bits per heavy atom. The minimum Gasteiger partial charge on any atom is -0.426 e. The third kappa shape index (κ3) is 7.90. The number of anilines is 1. The van der Waals surface area contributed by atoms with Crippen molar-refractivity contribution in [3.8, 4) is 11.8 Å². The van der Waals surface area contributed by atoms with Crippen LogP contribution in [0.15, 0.2) is 88.8 Å². The maximum absolute atomic E-state index is 12.2. The lowest BCUT2D eigenvalue weighted by Gasteiger charge is -2.12. The van der Waals surface area contributed by atoms with Gasteiger partial charge >= 0.3 is 12.5 Å². The van der Waals surface area contributed by atoms with Gasteiger partial charge in [0.2, 0.25) is 6.10 Å². The number of hydrogen-bond donors (Lipinski definition) is 2. The van der Waals surface area contributed by atoms with Crippen molar-refractivity contribution < 1.29 is 27.4 Å². The van der Waals surface area contributed by atoms with Crippen LogP contribution in [0.25, 0.3) is 0 Å². The number of nitriles is 1. The van der Waals surface area contributed by atoms with Crippen molar-refractivity contribution in [2.45, 2.75) is 12.5 Å². The predicted molar refractivity (Wildman–Crippen MR) is 123 cm³/mol. The normalized spacial score (nSPS) is 12.6. The molecule has 11 heteroatoms. The molecule has 35 heavy (non-hydrogen) atoms. The molecule has 8 nitrogen and oxygen atoms in total. The van der Waals surface area contributed by atoms with Crippen molar-refractivity contribution in [3.05, 3.63) is 90.0 Å². The Balaban J connectivity index is 1.55. The van der Waals surface area contributed by atoms with E-state index in [1.54, 1.807) is 54.6 Å². The lowest BCUT2D eigenvalue weighted by Crippen LogP contribution is -2.17. The number of ether oxygens (including phenoxy) is 2. The number of nitrogens with one attached hydrogen (secondary N) is 1. The number of nitrogens with zero attached hydrogens (tertiary/aromatic N) is 3. The largest absolute Gasteiger partial charge is 0.573 e. The van der Waals surface area contributed by atoms with E-state index < -0.39 is 18.6 Å². The van der Waals surface area contributed by atoms with Gasteiger partial charge in [-0.05, 0) is 48.5 Å². The van der Waals surface area contributed by atoms with E-state index in [9.17, 15) is 23.2 Å². The van der Waals surface area contributed by atoms with E-state index in [2.05, 4.69) is 20.0 Å². The highest BCUT2D eigenvalue weighted by Crippen LogP contribution is 2.24. The Morgan fingerprint density at radius 3 is 2.29 bits per heavy atom. The monoisotopic (exact) mass is 481 g/mol. The van der Waals surface area contributed by atoms with E-state index in [1.807, 2.05) is 6.07 Å². The molecule has 0 fully saturated rings. The highest BCUT2D eigenvalue weighted by molar-refractivity contribution is 6.01. The molecule has 0 bridgehead atoms. The van der Waals surface area contributed by atoms with Crippen molar-refractivity contribution in [3.63, 3.8) is 0 Å². The third-order valence-electron chi connectivity index (χ3n) is 4.35. The third-order valence-corrected chi connectivity index (χ3v) is 4.35. The summed E-state index contributed by atoms with van der Waals surface area (Å²) in [5.41, 5.74) is 7.76. The molecule has 0 aliphatic rings. The molecule has 1 amide bonds. The Morgan fingerprint density at radius 1 is 1.03 bits per heavy atom. The SMILES string of the molecule is N#CC(OC(=O)Nc1ccc(C(N)=NC=Nc2ccc(OC(F)(F)F)cc2)cc1)c1ccccc1. The van der Waals surface area contributed by atoms with Crippen molar-refractivity contribution in [1.82, 2.24) is 0 Å². The summed E-state index contributed by atoms with van der Waals surface area (Å²) in [6.07, 6.45) is -5.46. The Kier molecular flexibility index (Phi) is 8.02. The van der Waals surface area contributed by atoms with E-state index >= 15 is 0 Å². The van der Waals surface area contributed by atoms with Gasteiger partial charge in [0, 0.05) is 16.8 Å². The Hall–Kier alpha value is -4.85. The molecule has 3 N–H and O–H groups in total. The molecule has 0 heterocycles. The van der Waals surface area contributed by atoms with E-state index in [-0.39, 0.29) is 11.6 Å². The van der Waals surface area contributed by atoms with Gasteiger partial charge in [-0.3, -0.25) is 5.32 Å². The topological polar surface area (TPSA) is 122 Å². The second-order valence-corrected chi connectivity index (χ2v) is 6.83. The van der Waals surface area contributed by atoms with Crippen molar-refractivity contribution >= 4 is 29.6 Å². The number of nitrogens with two attached hydrogens (primary N) is 1. The van der Waals surface area contributed by atoms with Gasteiger partial charge in [-0.1, -0.05) is 30.3 Å². The Labute approximate surface area is 198 Å². The summed E-state index contributed by atoms with van der Waals surface area (Å²) in [5.74, 6) is -0.242. The van der Waals surface area contributed by atoms with Crippen LogP contribution >= 0.6 is 0 Å². The zero-order valence-electron chi connectivity index (χ0n) is 17.9. The fraction of sp³-hybridized carbons (Fsp3) is 0.0833. The minimum absolute atomic E-state index is 0.119. The maximum Gasteiger partial charge on any atom is 0.573 e. The van der Waals surface area contributed by atoms with Crippen LogP contribution in [0.3, 0.4) is 0 Å². The molecule has 0 aromatic heterocycles. The second kappa shape index (κ2) is 11.3. The second-order valence-electron chi connectivity index (χ2n) is 6.83. The van der Waals surface area contributed by atoms with Crippen LogP contribution in [0.4, 0.5) is 29.3 Å². The molecule has 0 saturated carbocycles. The number of amides is 1. The zero-order valence-corrected chi connectivity index (χ0v) is 17.9. The number of rotatable bonds is 7. The number of carbonyl (C=O) groups is 1. The highest BCUT2D eigenvalue weighted by atomic mass is 19.4. The van der Waals surface area contributed by atoms with Gasteiger partial charge in [0.05, 0.1) is 5.69 Å². The molecule has 0 spiro atoms. The number of halogens is 3. The average Bonchev–Trinajstić information content (AvgIpc) is 2.83. The van der Waals surface area contributed by atoms with E-state index in [4.69, 9.17) is 10.5 Å². The summed E-state index contributed by atoms with van der Waals surface area (Å²) in [7, 11) is 0. The molecule has 0 aliphatic carbocycles. The fourth-order valence-electron chi connectivity index (χ4n) is 2.74. The molecule has 1 unspecified atom stereocenters. The first-order chi connectivity index (χ1) is 16.7. The van der Waals surface area contributed by atoms with Crippen LogP contribution in [-0.4, -0.2) is 24.6 Å². The van der Waals surface area contributed by atoms with Gasteiger partial charge in [-0.2, -0.15) is 5.26 Å². The number of amidine groups is 1. The van der Waals surface area contributed by atoms with Crippen LogP contribution in [0, 0.1) is 11.3 Å². The summed E-state index contributed by atoms with van der Waals surface area (Å²) in [4.78, 5) is 20.1. The van der Waals surface area contributed by atoms with Crippen LogP contribution in [0.2, 0.25) is 0 Å². The van der Waals surface area contributed by atoms with Crippen molar-refractivity contribution in [2.75, 3.05) is 5.32 Å².